The monoisotopic (exact) mass is 237 g/mol. The second kappa shape index (κ2) is 5.15. The molecule has 2 nitrogen and oxygen atoms in total. The van der Waals surface area contributed by atoms with Crippen molar-refractivity contribution in [1.82, 2.24) is 0 Å². The average Bonchev–Trinajstić information content (AvgIpc) is 2.29. The quantitative estimate of drug-likeness (QED) is 0.876. The number of rotatable bonds is 3. The van der Waals surface area contributed by atoms with E-state index in [1.165, 1.54) is 6.07 Å². The molecule has 3 heteroatoms. The minimum absolute atomic E-state index is 0.196. The van der Waals surface area contributed by atoms with Crippen LogP contribution in [0.25, 0.3) is 0 Å². The first-order chi connectivity index (χ1) is 8.08. The van der Waals surface area contributed by atoms with Crippen LogP contribution in [0.3, 0.4) is 0 Å². The zero-order valence-electron chi connectivity index (χ0n) is 10.3. The molecule has 0 spiro atoms. The molecule has 1 aromatic carbocycles. The molecule has 0 amide bonds. The normalized spacial score (nSPS) is 24.3. The maximum atomic E-state index is 13.1. The van der Waals surface area contributed by atoms with Crippen molar-refractivity contribution in [3.63, 3.8) is 0 Å². The number of hydrogen-bond donors (Lipinski definition) is 1. The molecule has 1 heterocycles. The van der Waals surface area contributed by atoms with Gasteiger partial charge in [0.2, 0.25) is 0 Å². The van der Waals surface area contributed by atoms with E-state index in [9.17, 15) is 4.39 Å². The van der Waals surface area contributed by atoms with E-state index in [2.05, 4.69) is 0 Å². The molecule has 0 bridgehead atoms. The molecule has 0 aliphatic carbocycles. The number of hydrogen-bond acceptors (Lipinski definition) is 2. The Morgan fingerprint density at radius 2 is 2.35 bits per heavy atom. The van der Waals surface area contributed by atoms with Gasteiger partial charge in [0, 0.05) is 18.1 Å². The van der Waals surface area contributed by atoms with Crippen LogP contribution >= 0.6 is 0 Å². The zero-order chi connectivity index (χ0) is 12.3. The molecule has 0 radical (unpaired) electrons. The summed E-state index contributed by atoms with van der Waals surface area (Å²) in [6.07, 6.45) is 2.86. The van der Waals surface area contributed by atoms with Gasteiger partial charge in [-0.15, -0.1) is 0 Å². The standard InChI is InChI=1S/C14H20FNO/c1-14(16,12-5-3-7-17-10-12)9-11-4-2-6-13(15)8-11/h2,4,6,8,12H,3,5,7,9-10,16H2,1H3. The number of nitrogens with two attached hydrogens (primary N) is 1. The lowest BCUT2D eigenvalue weighted by Gasteiger charge is -2.36. The van der Waals surface area contributed by atoms with E-state index in [0.29, 0.717) is 12.3 Å². The molecule has 94 valence electrons. The lowest BCUT2D eigenvalue weighted by atomic mass is 9.78. The summed E-state index contributed by atoms with van der Waals surface area (Å²) in [6.45, 7) is 3.60. The lowest BCUT2D eigenvalue weighted by Crippen LogP contribution is -2.49. The van der Waals surface area contributed by atoms with Gasteiger partial charge in [0.25, 0.3) is 0 Å². The van der Waals surface area contributed by atoms with Crippen LogP contribution in [0, 0.1) is 11.7 Å². The van der Waals surface area contributed by atoms with Gasteiger partial charge in [0.05, 0.1) is 6.61 Å². The van der Waals surface area contributed by atoms with Crippen molar-refractivity contribution < 1.29 is 9.13 Å². The first-order valence-corrected chi connectivity index (χ1v) is 6.19. The van der Waals surface area contributed by atoms with E-state index in [0.717, 1.165) is 31.6 Å². The third-order valence-electron chi connectivity index (χ3n) is 3.57. The number of halogens is 1. The van der Waals surface area contributed by atoms with Gasteiger partial charge in [-0.05, 0) is 43.9 Å². The van der Waals surface area contributed by atoms with Crippen LogP contribution in [0.15, 0.2) is 24.3 Å². The first-order valence-electron chi connectivity index (χ1n) is 6.19. The highest BCUT2D eigenvalue weighted by atomic mass is 19.1. The average molecular weight is 237 g/mol. The van der Waals surface area contributed by atoms with Crippen molar-refractivity contribution in [2.75, 3.05) is 13.2 Å². The fourth-order valence-electron chi connectivity index (χ4n) is 2.49. The molecular formula is C14H20FNO. The molecule has 2 atom stereocenters. The summed E-state index contributed by atoms with van der Waals surface area (Å²) in [5.41, 5.74) is 7.00. The van der Waals surface area contributed by atoms with Crippen LogP contribution < -0.4 is 5.73 Å². The predicted octanol–water partition coefficient (Wildman–Crippen LogP) is 2.51. The van der Waals surface area contributed by atoms with E-state index in [1.54, 1.807) is 12.1 Å². The molecule has 0 aromatic heterocycles. The van der Waals surface area contributed by atoms with E-state index in [-0.39, 0.29) is 11.4 Å². The van der Waals surface area contributed by atoms with E-state index in [1.807, 2.05) is 13.0 Å². The maximum Gasteiger partial charge on any atom is 0.123 e. The first kappa shape index (κ1) is 12.5. The second-order valence-electron chi connectivity index (χ2n) is 5.23. The third kappa shape index (κ3) is 3.27. The Kier molecular flexibility index (Phi) is 3.79. The van der Waals surface area contributed by atoms with Crippen LogP contribution in [0.1, 0.15) is 25.3 Å². The molecule has 1 fully saturated rings. The summed E-state index contributed by atoms with van der Waals surface area (Å²) in [7, 11) is 0. The molecule has 1 saturated heterocycles. The minimum Gasteiger partial charge on any atom is -0.381 e. The largest absolute Gasteiger partial charge is 0.381 e. The van der Waals surface area contributed by atoms with Crippen molar-refractivity contribution in [3.05, 3.63) is 35.6 Å². The zero-order valence-corrected chi connectivity index (χ0v) is 10.3. The highest BCUT2D eigenvalue weighted by Crippen LogP contribution is 2.27. The Hall–Kier alpha value is -0.930. The van der Waals surface area contributed by atoms with E-state index < -0.39 is 0 Å². The fourth-order valence-corrected chi connectivity index (χ4v) is 2.49. The summed E-state index contributed by atoms with van der Waals surface area (Å²) in [5.74, 6) is 0.165. The van der Waals surface area contributed by atoms with Crippen LogP contribution in [0.5, 0.6) is 0 Å². The molecule has 1 aliphatic heterocycles. The summed E-state index contributed by atoms with van der Waals surface area (Å²) in [4.78, 5) is 0. The highest BCUT2D eigenvalue weighted by molar-refractivity contribution is 5.19. The van der Waals surface area contributed by atoms with Gasteiger partial charge in [-0.2, -0.15) is 0 Å². The van der Waals surface area contributed by atoms with E-state index >= 15 is 0 Å². The third-order valence-corrected chi connectivity index (χ3v) is 3.57. The minimum atomic E-state index is -0.325. The van der Waals surface area contributed by atoms with Crippen molar-refractivity contribution >= 4 is 0 Å². The topological polar surface area (TPSA) is 35.2 Å². The molecule has 2 N–H and O–H groups in total. The number of ether oxygens (including phenoxy) is 1. The van der Waals surface area contributed by atoms with Gasteiger partial charge < -0.3 is 10.5 Å². The Labute approximate surface area is 102 Å². The van der Waals surface area contributed by atoms with Gasteiger partial charge in [-0.25, -0.2) is 4.39 Å². The van der Waals surface area contributed by atoms with Gasteiger partial charge in [-0.1, -0.05) is 12.1 Å². The molecular weight excluding hydrogens is 217 g/mol. The molecule has 2 rings (SSSR count). The van der Waals surface area contributed by atoms with Gasteiger partial charge in [-0.3, -0.25) is 0 Å². The summed E-state index contributed by atoms with van der Waals surface area (Å²) in [5, 5.41) is 0. The van der Waals surface area contributed by atoms with E-state index in [4.69, 9.17) is 10.5 Å². The molecule has 17 heavy (non-hydrogen) atoms. The Morgan fingerprint density at radius 1 is 1.53 bits per heavy atom. The number of benzene rings is 1. The maximum absolute atomic E-state index is 13.1. The Morgan fingerprint density at radius 3 is 3.00 bits per heavy atom. The summed E-state index contributed by atoms with van der Waals surface area (Å²) in [6, 6.07) is 6.69. The van der Waals surface area contributed by atoms with Crippen LogP contribution in [0.4, 0.5) is 4.39 Å². The summed E-state index contributed by atoms with van der Waals surface area (Å²) >= 11 is 0. The smallest absolute Gasteiger partial charge is 0.123 e. The molecule has 2 unspecified atom stereocenters. The SMILES string of the molecule is CC(N)(Cc1cccc(F)c1)C1CCCOC1. The van der Waals surface area contributed by atoms with Crippen LogP contribution in [0.2, 0.25) is 0 Å². The molecule has 1 aromatic rings. The van der Waals surface area contributed by atoms with Gasteiger partial charge in [0.1, 0.15) is 5.82 Å². The summed E-state index contributed by atoms with van der Waals surface area (Å²) < 4.78 is 18.6. The Bertz CT molecular complexity index is 372. The fraction of sp³-hybridized carbons (Fsp3) is 0.571. The predicted molar refractivity (Wildman–Crippen MR) is 66.2 cm³/mol. The lowest BCUT2D eigenvalue weighted by molar-refractivity contribution is 0.0253. The second-order valence-corrected chi connectivity index (χ2v) is 5.23. The highest BCUT2D eigenvalue weighted by Gasteiger charge is 2.31. The van der Waals surface area contributed by atoms with Crippen molar-refractivity contribution in [2.24, 2.45) is 11.7 Å². The van der Waals surface area contributed by atoms with Gasteiger partial charge >= 0.3 is 0 Å². The van der Waals surface area contributed by atoms with Crippen molar-refractivity contribution in [1.29, 1.82) is 0 Å². The van der Waals surface area contributed by atoms with Crippen molar-refractivity contribution in [2.45, 2.75) is 31.7 Å². The van der Waals surface area contributed by atoms with Crippen LogP contribution in [-0.2, 0) is 11.2 Å². The molecule has 1 aliphatic rings. The Balaban J connectivity index is 2.05. The van der Waals surface area contributed by atoms with Gasteiger partial charge in [0.15, 0.2) is 0 Å². The molecule has 0 saturated carbocycles. The van der Waals surface area contributed by atoms with Crippen molar-refractivity contribution in [3.8, 4) is 0 Å². The van der Waals surface area contributed by atoms with Crippen LogP contribution in [-0.4, -0.2) is 18.8 Å².